The molecule has 0 fully saturated rings. The second-order valence-electron chi connectivity index (χ2n) is 7.25. The summed E-state index contributed by atoms with van der Waals surface area (Å²) in [6.07, 6.45) is 2.96. The number of hydrogen-bond donors (Lipinski definition) is 0. The van der Waals surface area contributed by atoms with Crippen molar-refractivity contribution < 1.29 is 14.5 Å². The molecule has 0 heterocycles. The molecule has 0 saturated heterocycles. The van der Waals surface area contributed by atoms with Crippen LogP contribution < -0.4 is 0 Å². The normalized spacial score (nSPS) is 20.0. The highest BCUT2D eigenvalue weighted by molar-refractivity contribution is 6.85. The van der Waals surface area contributed by atoms with Crippen LogP contribution in [0.5, 0.6) is 0 Å². The van der Waals surface area contributed by atoms with Gasteiger partial charge in [0.2, 0.25) is 0 Å². The molecule has 0 aromatic heterocycles. The lowest BCUT2D eigenvalue weighted by Gasteiger charge is -2.23. The van der Waals surface area contributed by atoms with Gasteiger partial charge in [-0.2, -0.15) is 0 Å². The lowest BCUT2D eigenvalue weighted by molar-refractivity contribution is -0.384. The number of nitrogens with zero attached hydrogens (tertiary/aromatic N) is 1. The van der Waals surface area contributed by atoms with Crippen LogP contribution in [-0.2, 0) is 14.9 Å². The molecule has 1 aliphatic carbocycles. The zero-order valence-electron chi connectivity index (χ0n) is 15.0. The van der Waals surface area contributed by atoms with E-state index in [0.717, 1.165) is 24.8 Å². The summed E-state index contributed by atoms with van der Waals surface area (Å²) < 4.78 is 5.15. The maximum absolute atomic E-state index is 12.8. The third-order valence-corrected chi connectivity index (χ3v) is 6.78. The number of ether oxygens (including phenoxy) is 1. The molecule has 6 heteroatoms. The van der Waals surface area contributed by atoms with Crippen LogP contribution in [-0.4, -0.2) is 26.1 Å². The van der Waals surface area contributed by atoms with Crippen LogP contribution in [0.25, 0.3) is 0 Å². The van der Waals surface area contributed by atoms with Gasteiger partial charge in [0.05, 0.1) is 20.1 Å². The van der Waals surface area contributed by atoms with Crippen LogP contribution in [0.2, 0.25) is 19.6 Å². The molecule has 0 saturated carbocycles. The van der Waals surface area contributed by atoms with Gasteiger partial charge < -0.3 is 4.74 Å². The SMILES string of the molecule is CCCCC1=C([Si](C)(C)C)C1(C(=O)OC)c1ccc([N+](=O)[O-])cc1. The molecule has 1 atom stereocenters. The van der Waals surface area contributed by atoms with Crippen LogP contribution in [0.1, 0.15) is 31.7 Å². The van der Waals surface area contributed by atoms with E-state index in [1.54, 1.807) is 12.1 Å². The number of non-ortho nitro benzene ring substituents is 1. The minimum atomic E-state index is -1.72. The van der Waals surface area contributed by atoms with E-state index in [4.69, 9.17) is 4.74 Å². The average molecular weight is 347 g/mol. The Labute approximate surface area is 143 Å². The van der Waals surface area contributed by atoms with Gasteiger partial charge in [0.15, 0.2) is 0 Å². The summed E-state index contributed by atoms with van der Waals surface area (Å²) in [7, 11) is -0.314. The van der Waals surface area contributed by atoms with Gasteiger partial charge in [0, 0.05) is 12.1 Å². The summed E-state index contributed by atoms with van der Waals surface area (Å²) in [6, 6.07) is 6.34. The molecule has 0 spiro atoms. The highest BCUT2D eigenvalue weighted by atomic mass is 28.3. The monoisotopic (exact) mass is 347 g/mol. The number of hydrogen-bond acceptors (Lipinski definition) is 4. The minimum absolute atomic E-state index is 0.0316. The van der Waals surface area contributed by atoms with Crippen LogP contribution in [0.3, 0.4) is 0 Å². The van der Waals surface area contributed by atoms with Gasteiger partial charge in [0.25, 0.3) is 5.69 Å². The van der Waals surface area contributed by atoms with Gasteiger partial charge in [-0.05, 0) is 24.0 Å². The van der Waals surface area contributed by atoms with E-state index < -0.39 is 18.4 Å². The molecule has 1 aromatic carbocycles. The molecule has 1 aliphatic rings. The number of esters is 1. The number of benzene rings is 1. The number of rotatable bonds is 7. The summed E-state index contributed by atoms with van der Waals surface area (Å²) in [6.45, 7) is 8.81. The average Bonchev–Trinajstić information content (AvgIpc) is 3.22. The van der Waals surface area contributed by atoms with Crippen molar-refractivity contribution in [2.24, 2.45) is 0 Å². The van der Waals surface area contributed by atoms with Crippen LogP contribution >= 0.6 is 0 Å². The standard InChI is InChI=1S/C18H25NO4Si/c1-6-7-8-15-16(24(3,4)5)18(15,17(20)23-2)13-9-11-14(12-10-13)19(21)22/h9-12H,6-8H2,1-5H3. The smallest absolute Gasteiger partial charge is 0.324 e. The third-order valence-electron chi connectivity index (χ3n) is 4.60. The molecule has 2 rings (SSSR count). The predicted molar refractivity (Wildman–Crippen MR) is 96.7 cm³/mol. The summed E-state index contributed by atoms with van der Waals surface area (Å²) in [5.41, 5.74) is 1.21. The first kappa shape index (κ1) is 18.4. The Kier molecular flexibility index (Phi) is 4.99. The summed E-state index contributed by atoms with van der Waals surface area (Å²) in [5.74, 6) is -0.264. The fourth-order valence-corrected chi connectivity index (χ4v) is 6.34. The molecule has 1 unspecified atom stereocenters. The Balaban J connectivity index is 2.52. The van der Waals surface area contributed by atoms with Gasteiger partial charge in [-0.15, -0.1) is 0 Å². The third kappa shape index (κ3) is 2.90. The molecule has 24 heavy (non-hydrogen) atoms. The number of nitro benzene ring substituents is 1. The fraction of sp³-hybridized carbons (Fsp3) is 0.500. The molecule has 0 bridgehead atoms. The van der Waals surface area contributed by atoms with Gasteiger partial charge in [-0.3, -0.25) is 14.9 Å². The molecule has 0 amide bonds. The Bertz CT molecular complexity index is 688. The second kappa shape index (κ2) is 6.51. The largest absolute Gasteiger partial charge is 0.468 e. The number of carbonyl (C=O) groups excluding carboxylic acids is 1. The molecular formula is C18H25NO4Si. The van der Waals surface area contributed by atoms with Gasteiger partial charge >= 0.3 is 5.97 Å². The van der Waals surface area contributed by atoms with Crippen molar-refractivity contribution in [3.05, 3.63) is 50.7 Å². The topological polar surface area (TPSA) is 69.4 Å². The van der Waals surface area contributed by atoms with Gasteiger partial charge in [0.1, 0.15) is 5.41 Å². The number of carbonyl (C=O) groups is 1. The first-order chi connectivity index (χ1) is 11.2. The quantitative estimate of drug-likeness (QED) is 0.317. The zero-order chi connectivity index (χ0) is 18.1. The first-order valence-electron chi connectivity index (χ1n) is 8.29. The van der Waals surface area contributed by atoms with E-state index in [-0.39, 0.29) is 11.7 Å². The van der Waals surface area contributed by atoms with Crippen molar-refractivity contribution in [1.29, 1.82) is 0 Å². The van der Waals surface area contributed by atoms with E-state index in [1.165, 1.54) is 30.0 Å². The molecular weight excluding hydrogens is 322 g/mol. The zero-order valence-corrected chi connectivity index (χ0v) is 16.0. The summed E-state index contributed by atoms with van der Waals surface area (Å²) in [5, 5.41) is 12.1. The van der Waals surface area contributed by atoms with Gasteiger partial charge in [-0.1, -0.05) is 50.3 Å². The highest BCUT2D eigenvalue weighted by Gasteiger charge is 2.63. The van der Waals surface area contributed by atoms with Crippen molar-refractivity contribution in [2.45, 2.75) is 51.2 Å². The molecule has 0 radical (unpaired) electrons. The maximum atomic E-state index is 12.8. The van der Waals surface area contributed by atoms with E-state index in [0.29, 0.717) is 0 Å². The number of unbranched alkanes of at least 4 members (excludes halogenated alkanes) is 1. The van der Waals surface area contributed by atoms with E-state index in [9.17, 15) is 14.9 Å². The molecule has 0 aliphatic heterocycles. The molecule has 130 valence electrons. The lowest BCUT2D eigenvalue weighted by Crippen LogP contribution is -2.34. The molecule has 1 aromatic rings. The van der Waals surface area contributed by atoms with Crippen molar-refractivity contribution in [1.82, 2.24) is 0 Å². The second-order valence-corrected chi connectivity index (χ2v) is 12.3. The Morgan fingerprint density at radius 1 is 1.25 bits per heavy atom. The van der Waals surface area contributed by atoms with Crippen molar-refractivity contribution in [2.75, 3.05) is 7.11 Å². The highest BCUT2D eigenvalue weighted by Crippen LogP contribution is 2.60. The number of nitro groups is 1. The lowest BCUT2D eigenvalue weighted by atomic mass is 9.88. The summed E-state index contributed by atoms with van der Waals surface area (Å²) in [4.78, 5) is 23.3. The predicted octanol–water partition coefficient (Wildman–Crippen LogP) is 4.38. The fourth-order valence-electron chi connectivity index (χ4n) is 3.66. The van der Waals surface area contributed by atoms with Crippen LogP contribution in [0, 0.1) is 10.1 Å². The molecule has 5 nitrogen and oxygen atoms in total. The maximum Gasteiger partial charge on any atom is 0.324 e. The minimum Gasteiger partial charge on any atom is -0.468 e. The van der Waals surface area contributed by atoms with Crippen molar-refractivity contribution in [3.8, 4) is 0 Å². The van der Waals surface area contributed by atoms with E-state index in [1.807, 2.05) is 0 Å². The van der Waals surface area contributed by atoms with Crippen LogP contribution in [0.15, 0.2) is 35.0 Å². The summed E-state index contributed by atoms with van der Waals surface area (Å²) >= 11 is 0. The van der Waals surface area contributed by atoms with E-state index >= 15 is 0 Å². The van der Waals surface area contributed by atoms with Gasteiger partial charge in [-0.25, -0.2) is 0 Å². The number of methoxy groups -OCH3 is 1. The van der Waals surface area contributed by atoms with Crippen molar-refractivity contribution >= 4 is 19.7 Å². The van der Waals surface area contributed by atoms with E-state index in [2.05, 4.69) is 26.6 Å². The Morgan fingerprint density at radius 3 is 2.25 bits per heavy atom. The van der Waals surface area contributed by atoms with Crippen LogP contribution in [0.4, 0.5) is 5.69 Å². The first-order valence-corrected chi connectivity index (χ1v) is 11.8. The molecule has 0 N–H and O–H groups in total. The Morgan fingerprint density at radius 2 is 1.83 bits per heavy atom. The van der Waals surface area contributed by atoms with Crippen molar-refractivity contribution in [3.63, 3.8) is 0 Å². The Hall–Kier alpha value is -1.95.